The van der Waals surface area contributed by atoms with Gasteiger partial charge in [0.25, 0.3) is 5.91 Å². The molecule has 0 heterocycles. The molecular weight excluding hydrogens is 328 g/mol. The van der Waals surface area contributed by atoms with Crippen LogP contribution in [0.25, 0.3) is 0 Å². The summed E-state index contributed by atoms with van der Waals surface area (Å²) in [4.78, 5) is 24.2. The van der Waals surface area contributed by atoms with Gasteiger partial charge in [-0.2, -0.15) is 0 Å². The number of carbonyl (C=O) groups excluding carboxylic acids is 2. The van der Waals surface area contributed by atoms with Crippen molar-refractivity contribution in [3.05, 3.63) is 58.6 Å². The number of amides is 2. The fourth-order valence-electron chi connectivity index (χ4n) is 2.11. The average molecular weight is 347 g/mol. The number of aryl methyl sites for hydroxylation is 1. The molecule has 0 fully saturated rings. The minimum absolute atomic E-state index is 0.148. The zero-order chi connectivity index (χ0) is 17.5. The summed E-state index contributed by atoms with van der Waals surface area (Å²) in [5, 5.41) is 5.85. The van der Waals surface area contributed by atoms with E-state index in [1.807, 2.05) is 19.9 Å². The van der Waals surface area contributed by atoms with Crippen LogP contribution in [0.1, 0.15) is 22.8 Å². The number of benzene rings is 2. The van der Waals surface area contributed by atoms with E-state index in [4.69, 9.17) is 16.3 Å². The maximum Gasteiger partial charge on any atom is 0.255 e. The number of hydrogen-bond acceptors (Lipinski definition) is 3. The number of ether oxygens (including phenoxy) is 1. The van der Waals surface area contributed by atoms with Gasteiger partial charge in [0.05, 0.1) is 18.7 Å². The Morgan fingerprint density at radius 3 is 2.67 bits per heavy atom. The van der Waals surface area contributed by atoms with Crippen molar-refractivity contribution < 1.29 is 14.3 Å². The van der Waals surface area contributed by atoms with Gasteiger partial charge >= 0.3 is 0 Å². The van der Waals surface area contributed by atoms with Crippen LogP contribution in [-0.4, -0.2) is 25.0 Å². The molecule has 2 rings (SSSR count). The highest BCUT2D eigenvalue weighted by molar-refractivity contribution is 6.31. The van der Waals surface area contributed by atoms with Gasteiger partial charge in [0, 0.05) is 10.7 Å². The fourth-order valence-corrected chi connectivity index (χ4v) is 2.29. The Bertz CT molecular complexity index is 747. The quantitative estimate of drug-likeness (QED) is 0.842. The molecular formula is C18H19ClN2O3. The van der Waals surface area contributed by atoms with Gasteiger partial charge in [-0.25, -0.2) is 0 Å². The molecule has 0 bridgehead atoms. The van der Waals surface area contributed by atoms with E-state index >= 15 is 0 Å². The highest BCUT2D eigenvalue weighted by Gasteiger charge is 2.13. The van der Waals surface area contributed by atoms with Crippen molar-refractivity contribution in [1.82, 2.24) is 5.32 Å². The number of anilines is 1. The zero-order valence-corrected chi connectivity index (χ0v) is 14.3. The van der Waals surface area contributed by atoms with Crippen LogP contribution in [-0.2, 0) is 4.79 Å². The second-order valence-electron chi connectivity index (χ2n) is 5.12. The van der Waals surface area contributed by atoms with Crippen LogP contribution in [0.5, 0.6) is 5.75 Å². The number of rotatable bonds is 6. The molecule has 24 heavy (non-hydrogen) atoms. The predicted octanol–water partition coefficient (Wildman–Crippen LogP) is 3.42. The summed E-state index contributed by atoms with van der Waals surface area (Å²) in [5.74, 6) is -0.205. The van der Waals surface area contributed by atoms with E-state index in [9.17, 15) is 9.59 Å². The van der Waals surface area contributed by atoms with E-state index in [0.29, 0.717) is 28.6 Å². The second kappa shape index (κ2) is 8.36. The largest absolute Gasteiger partial charge is 0.493 e. The first-order chi connectivity index (χ1) is 11.5. The van der Waals surface area contributed by atoms with Crippen LogP contribution >= 0.6 is 11.6 Å². The zero-order valence-electron chi connectivity index (χ0n) is 13.6. The van der Waals surface area contributed by atoms with Crippen LogP contribution in [0.15, 0.2) is 42.5 Å². The topological polar surface area (TPSA) is 67.4 Å². The van der Waals surface area contributed by atoms with E-state index < -0.39 is 0 Å². The SMILES string of the molecule is CCOc1ccccc1C(=O)NCC(=O)Nc1cc(Cl)ccc1C. The Kier molecular flexibility index (Phi) is 6.21. The highest BCUT2D eigenvalue weighted by Crippen LogP contribution is 2.20. The van der Waals surface area contributed by atoms with Gasteiger partial charge in [0.15, 0.2) is 0 Å². The van der Waals surface area contributed by atoms with E-state index in [1.54, 1.807) is 36.4 Å². The Hall–Kier alpha value is -2.53. The molecule has 6 heteroatoms. The average Bonchev–Trinajstić information content (AvgIpc) is 2.57. The van der Waals surface area contributed by atoms with Crippen LogP contribution in [0.4, 0.5) is 5.69 Å². The van der Waals surface area contributed by atoms with Crippen molar-refractivity contribution in [2.75, 3.05) is 18.5 Å². The molecule has 2 amide bonds. The van der Waals surface area contributed by atoms with Crippen LogP contribution in [0.2, 0.25) is 5.02 Å². The molecule has 0 atom stereocenters. The van der Waals surface area contributed by atoms with Crippen molar-refractivity contribution in [1.29, 1.82) is 0 Å². The lowest BCUT2D eigenvalue weighted by molar-refractivity contribution is -0.115. The maximum absolute atomic E-state index is 12.2. The van der Waals surface area contributed by atoms with Crippen LogP contribution in [0.3, 0.4) is 0 Å². The smallest absolute Gasteiger partial charge is 0.255 e. The molecule has 0 saturated carbocycles. The third kappa shape index (κ3) is 4.73. The molecule has 0 aromatic heterocycles. The molecule has 0 aliphatic heterocycles. The minimum atomic E-state index is -0.364. The summed E-state index contributed by atoms with van der Waals surface area (Å²) in [6.07, 6.45) is 0. The molecule has 0 spiro atoms. The first kappa shape index (κ1) is 17.8. The van der Waals surface area contributed by atoms with Crippen molar-refractivity contribution in [2.24, 2.45) is 0 Å². The van der Waals surface area contributed by atoms with E-state index in [1.165, 1.54) is 0 Å². The molecule has 2 aromatic rings. The number of para-hydroxylation sites is 1. The maximum atomic E-state index is 12.2. The lowest BCUT2D eigenvalue weighted by atomic mass is 10.2. The van der Waals surface area contributed by atoms with Crippen molar-refractivity contribution in [3.8, 4) is 5.75 Å². The van der Waals surface area contributed by atoms with E-state index in [0.717, 1.165) is 5.56 Å². The Morgan fingerprint density at radius 2 is 1.92 bits per heavy atom. The van der Waals surface area contributed by atoms with Crippen LogP contribution < -0.4 is 15.4 Å². The molecule has 2 N–H and O–H groups in total. The van der Waals surface area contributed by atoms with Gasteiger partial charge in [-0.3, -0.25) is 9.59 Å². The standard InChI is InChI=1S/C18H19ClN2O3/c1-3-24-16-7-5-4-6-14(16)18(23)20-11-17(22)21-15-10-13(19)9-8-12(15)2/h4-10H,3,11H2,1-2H3,(H,20,23)(H,21,22). The van der Waals surface area contributed by atoms with Gasteiger partial charge in [-0.15, -0.1) is 0 Å². The first-order valence-corrected chi connectivity index (χ1v) is 7.95. The predicted molar refractivity (Wildman–Crippen MR) is 94.8 cm³/mol. The molecule has 0 saturated heterocycles. The minimum Gasteiger partial charge on any atom is -0.493 e. The summed E-state index contributed by atoms with van der Waals surface area (Å²) in [6.45, 7) is 4.02. The first-order valence-electron chi connectivity index (χ1n) is 7.57. The number of halogens is 1. The Morgan fingerprint density at radius 1 is 1.17 bits per heavy atom. The number of carbonyl (C=O) groups is 2. The molecule has 2 aromatic carbocycles. The summed E-state index contributed by atoms with van der Waals surface area (Å²) in [5.41, 5.74) is 1.91. The highest BCUT2D eigenvalue weighted by atomic mass is 35.5. The third-order valence-corrected chi connectivity index (χ3v) is 3.55. The van der Waals surface area contributed by atoms with Gasteiger partial charge in [0.1, 0.15) is 5.75 Å². The Balaban J connectivity index is 1.96. The summed E-state index contributed by atoms with van der Waals surface area (Å²) >= 11 is 5.92. The van der Waals surface area contributed by atoms with Crippen LogP contribution in [0, 0.1) is 6.92 Å². The fraction of sp³-hybridized carbons (Fsp3) is 0.222. The third-order valence-electron chi connectivity index (χ3n) is 3.31. The van der Waals surface area contributed by atoms with Crippen molar-refractivity contribution >= 4 is 29.1 Å². The van der Waals surface area contributed by atoms with Crippen molar-refractivity contribution in [3.63, 3.8) is 0 Å². The van der Waals surface area contributed by atoms with E-state index in [-0.39, 0.29) is 18.4 Å². The Labute approximate surface area is 146 Å². The monoisotopic (exact) mass is 346 g/mol. The van der Waals surface area contributed by atoms with Gasteiger partial charge in [-0.05, 0) is 43.7 Å². The molecule has 0 aliphatic rings. The van der Waals surface area contributed by atoms with Gasteiger partial charge in [0.2, 0.25) is 5.91 Å². The molecule has 126 valence electrons. The number of hydrogen-bond donors (Lipinski definition) is 2. The summed E-state index contributed by atoms with van der Waals surface area (Å²) in [6, 6.07) is 12.1. The molecule has 5 nitrogen and oxygen atoms in total. The normalized spacial score (nSPS) is 10.1. The number of nitrogens with one attached hydrogen (secondary N) is 2. The van der Waals surface area contributed by atoms with Crippen molar-refractivity contribution in [2.45, 2.75) is 13.8 Å². The van der Waals surface area contributed by atoms with Gasteiger partial charge in [-0.1, -0.05) is 29.8 Å². The van der Waals surface area contributed by atoms with E-state index in [2.05, 4.69) is 10.6 Å². The lowest BCUT2D eigenvalue weighted by Gasteiger charge is -2.11. The molecule has 0 unspecified atom stereocenters. The second-order valence-corrected chi connectivity index (χ2v) is 5.56. The summed E-state index contributed by atoms with van der Waals surface area (Å²) < 4.78 is 5.41. The lowest BCUT2D eigenvalue weighted by Crippen LogP contribution is -2.33. The van der Waals surface area contributed by atoms with Gasteiger partial charge < -0.3 is 15.4 Å². The molecule has 0 radical (unpaired) electrons. The molecule has 0 aliphatic carbocycles. The summed E-state index contributed by atoms with van der Waals surface area (Å²) in [7, 11) is 0.